The fraction of sp³-hybridized carbons (Fsp3) is 0.286. The molecule has 0 saturated heterocycles. The number of fused-ring (bicyclic) bond motifs is 1. The lowest BCUT2D eigenvalue weighted by molar-refractivity contribution is -0.0147. The molecule has 0 bridgehead atoms. The van der Waals surface area contributed by atoms with Gasteiger partial charge >= 0.3 is 0 Å². The van der Waals surface area contributed by atoms with Gasteiger partial charge in [-0.2, -0.15) is 0 Å². The molecule has 1 aliphatic rings. The van der Waals surface area contributed by atoms with Gasteiger partial charge in [-0.15, -0.1) is 0 Å². The third kappa shape index (κ3) is 2.07. The highest BCUT2D eigenvalue weighted by Gasteiger charge is 2.38. The minimum absolute atomic E-state index is 0.301. The highest BCUT2D eigenvalue weighted by Crippen LogP contribution is 2.24. The lowest BCUT2D eigenvalue weighted by Crippen LogP contribution is -2.39. The van der Waals surface area contributed by atoms with Gasteiger partial charge in [0.25, 0.3) is 11.8 Å². The molecule has 18 heavy (non-hydrogen) atoms. The summed E-state index contributed by atoms with van der Waals surface area (Å²) in [6, 6.07) is 6.79. The Hall–Kier alpha value is -1.94. The zero-order valence-corrected chi connectivity index (χ0v) is 10.5. The summed E-state index contributed by atoms with van der Waals surface area (Å²) >= 11 is 0. The Labute approximate surface area is 106 Å². The minimum atomic E-state index is -0.589. The maximum atomic E-state index is 12.1. The second-order valence-corrected chi connectivity index (χ2v) is 4.39. The molecule has 1 aliphatic heterocycles. The van der Waals surface area contributed by atoms with Crippen molar-refractivity contribution in [1.82, 2.24) is 4.90 Å². The maximum Gasteiger partial charge on any atom is 0.263 e. The molecular weight excluding hydrogens is 230 g/mol. The van der Waals surface area contributed by atoms with Crippen molar-refractivity contribution in [3.8, 4) is 0 Å². The molecule has 94 valence electrons. The van der Waals surface area contributed by atoms with Gasteiger partial charge in [0.05, 0.1) is 17.7 Å². The average molecular weight is 245 g/mol. The van der Waals surface area contributed by atoms with Crippen LogP contribution in [0.4, 0.5) is 0 Å². The van der Waals surface area contributed by atoms with Gasteiger partial charge in [0.1, 0.15) is 6.23 Å². The molecule has 0 radical (unpaired) electrons. The van der Waals surface area contributed by atoms with Gasteiger partial charge in [-0.25, -0.2) is 4.90 Å². The number of carbonyl (C=O) groups excluding carboxylic acids is 2. The summed E-state index contributed by atoms with van der Waals surface area (Å²) in [6.07, 6.45) is -0.589. The van der Waals surface area contributed by atoms with Crippen molar-refractivity contribution in [3.63, 3.8) is 0 Å². The van der Waals surface area contributed by atoms with Gasteiger partial charge in [0.2, 0.25) is 0 Å². The van der Waals surface area contributed by atoms with E-state index in [1.807, 2.05) is 6.92 Å². The van der Waals surface area contributed by atoms with Gasteiger partial charge in [0.15, 0.2) is 0 Å². The summed E-state index contributed by atoms with van der Waals surface area (Å²) in [5.41, 5.74) is 1.72. The second-order valence-electron chi connectivity index (χ2n) is 4.39. The number of amides is 2. The molecule has 0 aliphatic carbocycles. The van der Waals surface area contributed by atoms with Gasteiger partial charge < -0.3 is 4.74 Å². The summed E-state index contributed by atoms with van der Waals surface area (Å²) in [5, 5.41) is 0. The summed E-state index contributed by atoms with van der Waals surface area (Å²) in [4.78, 5) is 25.3. The van der Waals surface area contributed by atoms with Gasteiger partial charge in [-0.3, -0.25) is 9.59 Å². The second kappa shape index (κ2) is 4.74. The van der Waals surface area contributed by atoms with Gasteiger partial charge in [-0.05, 0) is 26.0 Å². The van der Waals surface area contributed by atoms with Crippen molar-refractivity contribution >= 4 is 11.8 Å². The number of carbonyl (C=O) groups is 2. The summed E-state index contributed by atoms with van der Waals surface area (Å²) < 4.78 is 5.44. The molecule has 0 fully saturated rings. The van der Waals surface area contributed by atoms with E-state index in [0.717, 1.165) is 10.5 Å². The van der Waals surface area contributed by atoms with Crippen LogP contribution < -0.4 is 0 Å². The first-order valence-corrected chi connectivity index (χ1v) is 5.75. The quantitative estimate of drug-likeness (QED) is 0.603. The van der Waals surface area contributed by atoms with E-state index >= 15 is 0 Å². The molecule has 0 N–H and O–H groups in total. The Morgan fingerprint density at radius 2 is 1.78 bits per heavy atom. The number of benzene rings is 1. The topological polar surface area (TPSA) is 46.6 Å². The molecule has 0 spiro atoms. The molecule has 1 atom stereocenters. The molecule has 0 aromatic heterocycles. The van der Waals surface area contributed by atoms with Crippen LogP contribution in [0, 0.1) is 0 Å². The first kappa shape index (κ1) is 12.5. The van der Waals surface area contributed by atoms with E-state index in [4.69, 9.17) is 4.74 Å². The van der Waals surface area contributed by atoms with Crippen LogP contribution in [0.2, 0.25) is 0 Å². The van der Waals surface area contributed by atoms with E-state index in [0.29, 0.717) is 17.7 Å². The lowest BCUT2D eigenvalue weighted by Gasteiger charge is -2.22. The number of rotatable bonds is 4. The normalized spacial score (nSPS) is 15.8. The van der Waals surface area contributed by atoms with E-state index in [9.17, 15) is 9.59 Å². The number of ether oxygens (including phenoxy) is 1. The number of imide groups is 1. The molecule has 4 nitrogen and oxygen atoms in total. The highest BCUT2D eigenvalue weighted by molar-refractivity contribution is 6.21. The Morgan fingerprint density at radius 3 is 2.22 bits per heavy atom. The van der Waals surface area contributed by atoms with Crippen LogP contribution in [0.5, 0.6) is 0 Å². The average Bonchev–Trinajstić information content (AvgIpc) is 2.60. The first-order valence-electron chi connectivity index (χ1n) is 5.75. The molecule has 1 aromatic rings. The lowest BCUT2D eigenvalue weighted by atomic mass is 10.1. The molecule has 1 heterocycles. The van der Waals surface area contributed by atoms with Crippen LogP contribution in [0.25, 0.3) is 0 Å². The van der Waals surface area contributed by atoms with E-state index < -0.39 is 6.23 Å². The van der Waals surface area contributed by atoms with Crippen LogP contribution in [-0.2, 0) is 4.74 Å². The van der Waals surface area contributed by atoms with Crippen LogP contribution in [-0.4, -0.2) is 29.5 Å². The Kier molecular flexibility index (Phi) is 3.30. The third-order valence-electron chi connectivity index (χ3n) is 2.76. The maximum absolute atomic E-state index is 12.1. The van der Waals surface area contributed by atoms with Crippen LogP contribution in [0.3, 0.4) is 0 Å². The molecular formula is C14H15NO3. The molecule has 2 rings (SSSR count). The summed E-state index contributed by atoms with van der Waals surface area (Å²) in [6.45, 7) is 7.56. The van der Waals surface area contributed by atoms with Crippen molar-refractivity contribution < 1.29 is 14.3 Å². The van der Waals surface area contributed by atoms with Crippen LogP contribution in [0.15, 0.2) is 36.4 Å². The Morgan fingerprint density at radius 1 is 1.28 bits per heavy atom. The monoisotopic (exact) mass is 245 g/mol. The van der Waals surface area contributed by atoms with E-state index in [2.05, 4.69) is 6.58 Å². The fourth-order valence-corrected chi connectivity index (χ4v) is 1.88. The fourth-order valence-electron chi connectivity index (χ4n) is 1.88. The number of hydrogen-bond donors (Lipinski definition) is 0. The van der Waals surface area contributed by atoms with Gasteiger partial charge in [0, 0.05) is 0 Å². The van der Waals surface area contributed by atoms with Crippen LogP contribution in [0.1, 0.15) is 34.6 Å². The standard InChI is InChI=1S/C14H15NO3/c1-9(2)8-18-10(3)15-13(16)11-6-4-5-7-12(11)14(15)17/h4-7,10H,1,8H2,2-3H3. The number of hydrogen-bond acceptors (Lipinski definition) is 3. The van der Waals surface area contributed by atoms with Crippen molar-refractivity contribution in [1.29, 1.82) is 0 Å². The van der Waals surface area contributed by atoms with Crippen molar-refractivity contribution in [2.24, 2.45) is 0 Å². The smallest absolute Gasteiger partial charge is 0.263 e. The van der Waals surface area contributed by atoms with Crippen molar-refractivity contribution in [2.45, 2.75) is 20.1 Å². The van der Waals surface area contributed by atoms with Gasteiger partial charge in [-0.1, -0.05) is 24.3 Å². The molecule has 0 saturated carbocycles. The minimum Gasteiger partial charge on any atom is -0.354 e. The Bertz CT molecular complexity index is 487. The van der Waals surface area contributed by atoms with Crippen molar-refractivity contribution in [3.05, 3.63) is 47.5 Å². The van der Waals surface area contributed by atoms with Crippen molar-refractivity contribution in [2.75, 3.05) is 6.61 Å². The molecule has 1 aromatic carbocycles. The Balaban J connectivity index is 2.20. The third-order valence-corrected chi connectivity index (χ3v) is 2.76. The molecule has 4 heteroatoms. The summed E-state index contributed by atoms with van der Waals surface area (Å²) in [5.74, 6) is -0.602. The predicted octanol–water partition coefficient (Wildman–Crippen LogP) is 2.22. The van der Waals surface area contributed by atoms with E-state index in [1.54, 1.807) is 31.2 Å². The largest absolute Gasteiger partial charge is 0.354 e. The number of nitrogens with zero attached hydrogens (tertiary/aromatic N) is 1. The highest BCUT2D eigenvalue weighted by atomic mass is 16.5. The van der Waals surface area contributed by atoms with E-state index in [1.165, 1.54) is 0 Å². The first-order chi connectivity index (χ1) is 8.52. The van der Waals surface area contributed by atoms with E-state index in [-0.39, 0.29) is 11.8 Å². The van der Waals surface area contributed by atoms with Crippen LogP contribution >= 0.6 is 0 Å². The zero-order valence-electron chi connectivity index (χ0n) is 10.5. The summed E-state index contributed by atoms with van der Waals surface area (Å²) in [7, 11) is 0. The molecule has 2 amide bonds. The SMILES string of the molecule is C=C(C)COC(C)N1C(=O)c2ccccc2C1=O. The molecule has 1 unspecified atom stereocenters. The predicted molar refractivity (Wildman–Crippen MR) is 67.2 cm³/mol. The zero-order chi connectivity index (χ0) is 13.3.